The van der Waals surface area contributed by atoms with Gasteiger partial charge in [-0.3, -0.25) is 5.41 Å². The molecule has 7 heteroatoms. The number of aromatic nitrogens is 2. The van der Waals surface area contributed by atoms with E-state index in [0.29, 0.717) is 18.8 Å². The maximum absolute atomic E-state index is 7.15. The van der Waals surface area contributed by atoms with Gasteiger partial charge in [-0.2, -0.15) is 0 Å². The van der Waals surface area contributed by atoms with Crippen molar-refractivity contribution in [2.75, 3.05) is 30.3 Å². The minimum absolute atomic E-state index is 0.0268. The molecule has 0 spiro atoms. The van der Waals surface area contributed by atoms with Gasteiger partial charge in [0.25, 0.3) is 0 Å². The molecule has 6 N–H and O–H groups in total. The van der Waals surface area contributed by atoms with E-state index in [2.05, 4.69) is 58.3 Å². The van der Waals surface area contributed by atoms with E-state index in [1.807, 2.05) is 0 Å². The summed E-state index contributed by atoms with van der Waals surface area (Å²) in [5.74, 6) is 0.424. The van der Waals surface area contributed by atoms with Crippen LogP contribution in [0.3, 0.4) is 0 Å². The first kappa shape index (κ1) is 18.5. The second-order valence-corrected chi connectivity index (χ2v) is 5.75. The number of aryl methyl sites for hydroxylation is 1. The Bertz CT molecular complexity index is 693. The SMILES string of the molecule is CCN(CC)c1ccc(-c2cnc(N)c(CCCNC(=N)N)n2)cc1. The number of hydrogen-bond donors (Lipinski definition) is 4. The summed E-state index contributed by atoms with van der Waals surface area (Å²) in [5, 5.41) is 9.93. The second-order valence-electron chi connectivity index (χ2n) is 5.75. The molecule has 0 fully saturated rings. The lowest BCUT2D eigenvalue weighted by atomic mass is 10.1. The van der Waals surface area contributed by atoms with Gasteiger partial charge < -0.3 is 21.7 Å². The summed E-state index contributed by atoms with van der Waals surface area (Å²) in [7, 11) is 0. The average molecular weight is 341 g/mol. The molecule has 2 aromatic rings. The number of nitrogens with two attached hydrogens (primary N) is 2. The van der Waals surface area contributed by atoms with Crippen LogP contribution in [0, 0.1) is 5.41 Å². The van der Waals surface area contributed by atoms with Crippen LogP contribution < -0.4 is 21.7 Å². The maximum Gasteiger partial charge on any atom is 0.185 e. The molecular formula is C18H27N7. The van der Waals surface area contributed by atoms with Gasteiger partial charge in [0.2, 0.25) is 0 Å². The number of benzene rings is 1. The standard InChI is InChI=1S/C18H27N7/c1-3-25(4-2)14-9-7-13(8-10-14)16-12-23-17(19)15(24-16)6-5-11-22-18(20)21/h7-10,12H,3-6,11H2,1-2H3,(H2,19,23)(H4,20,21,22). The Morgan fingerprint density at radius 3 is 2.48 bits per heavy atom. The van der Waals surface area contributed by atoms with Crippen molar-refractivity contribution < 1.29 is 0 Å². The van der Waals surface area contributed by atoms with Gasteiger partial charge in [0.05, 0.1) is 17.6 Å². The minimum Gasteiger partial charge on any atom is -0.382 e. The van der Waals surface area contributed by atoms with Crippen LogP contribution in [0.25, 0.3) is 11.3 Å². The third-order valence-electron chi connectivity index (χ3n) is 4.07. The molecule has 0 aliphatic heterocycles. The predicted molar refractivity (Wildman–Crippen MR) is 104 cm³/mol. The Hall–Kier alpha value is -2.83. The van der Waals surface area contributed by atoms with E-state index in [4.69, 9.17) is 16.9 Å². The Balaban J connectivity index is 2.11. The Morgan fingerprint density at radius 2 is 1.88 bits per heavy atom. The van der Waals surface area contributed by atoms with Crippen molar-refractivity contribution in [1.29, 1.82) is 5.41 Å². The van der Waals surface area contributed by atoms with E-state index in [-0.39, 0.29) is 5.96 Å². The third-order valence-corrected chi connectivity index (χ3v) is 4.07. The Labute approximate surface area is 149 Å². The highest BCUT2D eigenvalue weighted by Gasteiger charge is 2.08. The van der Waals surface area contributed by atoms with E-state index >= 15 is 0 Å². The van der Waals surface area contributed by atoms with E-state index in [1.54, 1.807) is 6.20 Å². The first-order chi connectivity index (χ1) is 12.0. The van der Waals surface area contributed by atoms with Crippen LogP contribution in [0.5, 0.6) is 0 Å². The summed E-state index contributed by atoms with van der Waals surface area (Å²) in [6.45, 7) is 6.87. The van der Waals surface area contributed by atoms with Crippen LogP contribution in [0.15, 0.2) is 30.5 Å². The molecule has 0 unspecified atom stereocenters. The second kappa shape index (κ2) is 8.86. The highest BCUT2D eigenvalue weighted by molar-refractivity contribution is 5.74. The number of hydrogen-bond acceptors (Lipinski definition) is 5. The van der Waals surface area contributed by atoms with Crippen LogP contribution in [0.1, 0.15) is 26.0 Å². The molecule has 1 aromatic carbocycles. The summed E-state index contributed by atoms with van der Waals surface area (Å²) >= 11 is 0. The minimum atomic E-state index is -0.0268. The highest BCUT2D eigenvalue weighted by atomic mass is 15.1. The van der Waals surface area contributed by atoms with Crippen molar-refractivity contribution in [2.45, 2.75) is 26.7 Å². The number of rotatable bonds is 8. The van der Waals surface area contributed by atoms with E-state index in [9.17, 15) is 0 Å². The van der Waals surface area contributed by atoms with Crippen molar-refractivity contribution in [1.82, 2.24) is 15.3 Å². The zero-order chi connectivity index (χ0) is 18.2. The summed E-state index contributed by atoms with van der Waals surface area (Å²) in [5.41, 5.74) is 15.0. The molecule has 0 atom stereocenters. The van der Waals surface area contributed by atoms with Crippen molar-refractivity contribution in [3.8, 4) is 11.3 Å². The third kappa shape index (κ3) is 5.07. The molecule has 0 saturated heterocycles. The molecular weight excluding hydrogens is 314 g/mol. The molecule has 0 aliphatic rings. The van der Waals surface area contributed by atoms with Gasteiger partial charge in [0.1, 0.15) is 5.82 Å². The van der Waals surface area contributed by atoms with Crippen molar-refractivity contribution >= 4 is 17.5 Å². The normalized spacial score (nSPS) is 10.5. The topological polar surface area (TPSA) is 117 Å². The molecule has 0 radical (unpaired) electrons. The monoisotopic (exact) mass is 341 g/mol. The van der Waals surface area contributed by atoms with Crippen LogP contribution in [-0.2, 0) is 6.42 Å². The quantitative estimate of drug-likeness (QED) is 0.331. The maximum atomic E-state index is 7.15. The van der Waals surface area contributed by atoms with Gasteiger partial charge >= 0.3 is 0 Å². The van der Waals surface area contributed by atoms with Gasteiger partial charge in [-0.15, -0.1) is 0 Å². The highest BCUT2D eigenvalue weighted by Crippen LogP contribution is 2.23. The van der Waals surface area contributed by atoms with Crippen molar-refractivity contribution in [3.63, 3.8) is 0 Å². The summed E-state index contributed by atoms with van der Waals surface area (Å²) in [6.07, 6.45) is 3.17. The fourth-order valence-electron chi connectivity index (χ4n) is 2.67. The number of nitrogen functional groups attached to an aromatic ring is 1. The molecule has 0 aliphatic carbocycles. The number of anilines is 2. The lowest BCUT2D eigenvalue weighted by Gasteiger charge is -2.21. The van der Waals surface area contributed by atoms with E-state index < -0.39 is 0 Å². The van der Waals surface area contributed by atoms with Crippen molar-refractivity contribution in [2.24, 2.45) is 5.73 Å². The smallest absolute Gasteiger partial charge is 0.185 e. The number of guanidine groups is 1. The largest absolute Gasteiger partial charge is 0.382 e. The zero-order valence-electron chi connectivity index (χ0n) is 14.9. The van der Waals surface area contributed by atoms with Crippen LogP contribution in [-0.4, -0.2) is 35.6 Å². The average Bonchev–Trinajstić information content (AvgIpc) is 2.61. The van der Waals surface area contributed by atoms with Gasteiger partial charge in [-0.05, 0) is 38.8 Å². The molecule has 0 amide bonds. The van der Waals surface area contributed by atoms with E-state index in [1.165, 1.54) is 5.69 Å². The zero-order valence-corrected chi connectivity index (χ0v) is 14.9. The molecule has 0 saturated carbocycles. The van der Waals surface area contributed by atoms with Crippen LogP contribution in [0.2, 0.25) is 0 Å². The lowest BCUT2D eigenvalue weighted by Crippen LogP contribution is -2.31. The van der Waals surface area contributed by atoms with Crippen molar-refractivity contribution in [3.05, 3.63) is 36.2 Å². The summed E-state index contributed by atoms with van der Waals surface area (Å²) < 4.78 is 0. The van der Waals surface area contributed by atoms with Crippen LogP contribution in [0.4, 0.5) is 11.5 Å². The first-order valence-electron chi connectivity index (χ1n) is 8.59. The van der Waals surface area contributed by atoms with Gasteiger partial charge in [-0.1, -0.05) is 12.1 Å². The molecule has 0 bridgehead atoms. The Morgan fingerprint density at radius 1 is 1.20 bits per heavy atom. The Kier molecular flexibility index (Phi) is 6.56. The summed E-state index contributed by atoms with van der Waals surface area (Å²) in [6, 6.07) is 8.34. The molecule has 7 nitrogen and oxygen atoms in total. The van der Waals surface area contributed by atoms with Gasteiger partial charge in [0, 0.05) is 30.9 Å². The molecule has 25 heavy (non-hydrogen) atoms. The number of nitrogens with zero attached hydrogens (tertiary/aromatic N) is 3. The molecule has 1 heterocycles. The fourth-order valence-corrected chi connectivity index (χ4v) is 2.67. The van der Waals surface area contributed by atoms with Gasteiger partial charge in [0.15, 0.2) is 5.96 Å². The predicted octanol–water partition coefficient (Wildman–Crippen LogP) is 1.99. The molecule has 1 aromatic heterocycles. The van der Waals surface area contributed by atoms with Gasteiger partial charge in [-0.25, -0.2) is 9.97 Å². The molecule has 134 valence electrons. The lowest BCUT2D eigenvalue weighted by molar-refractivity contribution is 0.753. The summed E-state index contributed by atoms with van der Waals surface area (Å²) in [4.78, 5) is 11.2. The molecule has 2 rings (SSSR count). The van der Waals surface area contributed by atoms with E-state index in [0.717, 1.165) is 36.5 Å². The first-order valence-corrected chi connectivity index (χ1v) is 8.59. The fraction of sp³-hybridized carbons (Fsp3) is 0.389. The van der Waals surface area contributed by atoms with Crippen LogP contribution >= 0.6 is 0 Å². The number of nitrogens with one attached hydrogen (secondary N) is 2.